The number of rotatable bonds is 2. The number of amides is 1. The van der Waals surface area contributed by atoms with E-state index in [4.69, 9.17) is 4.74 Å². The van der Waals surface area contributed by atoms with Gasteiger partial charge in [0, 0.05) is 5.25 Å². The molecule has 2 atom stereocenters. The minimum Gasteiger partial charge on any atom is -0.479 e. The molecule has 5 nitrogen and oxygen atoms in total. The van der Waals surface area contributed by atoms with Crippen molar-refractivity contribution in [3.8, 4) is 0 Å². The van der Waals surface area contributed by atoms with Crippen LogP contribution in [-0.4, -0.2) is 39.3 Å². The molecule has 1 heterocycles. The molecule has 2 N–H and O–H groups in total. The summed E-state index contributed by atoms with van der Waals surface area (Å²) in [5.74, 6) is -0.274. The third-order valence-electron chi connectivity index (χ3n) is 2.66. The lowest BCUT2D eigenvalue weighted by Crippen LogP contribution is -2.58. The van der Waals surface area contributed by atoms with Crippen molar-refractivity contribution in [3.05, 3.63) is 0 Å². The van der Waals surface area contributed by atoms with Crippen LogP contribution in [0, 0.1) is 0 Å². The van der Waals surface area contributed by atoms with E-state index >= 15 is 0 Å². The first kappa shape index (κ1) is 14.2. The van der Waals surface area contributed by atoms with Gasteiger partial charge in [-0.1, -0.05) is 6.92 Å². The standard InChI is InChI=1S/C11H19NO4S/c1-7-11(8(13)14,5-6-17-7)12-9(15)16-10(2,3)4/h7H,5-6H2,1-4H3,(H,12,15)(H,13,14). The first-order valence-electron chi connectivity index (χ1n) is 5.53. The van der Waals surface area contributed by atoms with Gasteiger partial charge in [-0.3, -0.25) is 0 Å². The zero-order valence-electron chi connectivity index (χ0n) is 10.6. The Morgan fingerprint density at radius 1 is 1.47 bits per heavy atom. The fourth-order valence-electron chi connectivity index (χ4n) is 1.73. The Labute approximate surface area is 105 Å². The minimum atomic E-state index is -1.20. The molecule has 0 radical (unpaired) electrons. The maximum absolute atomic E-state index is 11.7. The van der Waals surface area contributed by atoms with Gasteiger partial charge < -0.3 is 15.2 Å². The molecular formula is C11H19NO4S. The summed E-state index contributed by atoms with van der Waals surface area (Å²) < 4.78 is 5.10. The summed E-state index contributed by atoms with van der Waals surface area (Å²) >= 11 is 1.54. The Hall–Kier alpha value is -0.910. The maximum atomic E-state index is 11.7. The number of nitrogens with one attached hydrogen (secondary N) is 1. The first-order chi connectivity index (χ1) is 7.67. The molecule has 1 fully saturated rings. The summed E-state index contributed by atoms with van der Waals surface area (Å²) in [5.41, 5.74) is -1.83. The van der Waals surface area contributed by atoms with E-state index in [0.29, 0.717) is 6.42 Å². The van der Waals surface area contributed by atoms with Crippen LogP contribution in [0.4, 0.5) is 4.79 Å². The second-order valence-corrected chi connectivity index (χ2v) is 6.62. The van der Waals surface area contributed by atoms with Gasteiger partial charge in [-0.2, -0.15) is 11.8 Å². The van der Waals surface area contributed by atoms with Gasteiger partial charge >= 0.3 is 12.1 Å². The van der Waals surface area contributed by atoms with Crippen molar-refractivity contribution in [2.45, 2.75) is 50.5 Å². The highest BCUT2D eigenvalue weighted by molar-refractivity contribution is 8.00. The SMILES string of the molecule is CC1SCCC1(NC(=O)OC(C)(C)C)C(=O)O. The molecule has 1 aliphatic heterocycles. The second-order valence-electron chi connectivity index (χ2n) is 5.17. The largest absolute Gasteiger partial charge is 0.479 e. The highest BCUT2D eigenvalue weighted by Crippen LogP contribution is 2.36. The highest BCUT2D eigenvalue weighted by Gasteiger charge is 2.49. The molecule has 0 saturated carbocycles. The van der Waals surface area contributed by atoms with E-state index < -0.39 is 23.2 Å². The topological polar surface area (TPSA) is 75.6 Å². The fraction of sp³-hybridized carbons (Fsp3) is 0.818. The number of aliphatic carboxylic acids is 1. The van der Waals surface area contributed by atoms with Crippen LogP contribution < -0.4 is 5.32 Å². The van der Waals surface area contributed by atoms with Crippen molar-refractivity contribution in [2.24, 2.45) is 0 Å². The summed E-state index contributed by atoms with van der Waals surface area (Å²) in [4.78, 5) is 23.0. The molecule has 6 heteroatoms. The van der Waals surface area contributed by atoms with Gasteiger partial charge in [0.25, 0.3) is 0 Å². The smallest absolute Gasteiger partial charge is 0.408 e. The van der Waals surface area contributed by atoms with Crippen LogP contribution in [0.2, 0.25) is 0 Å². The number of ether oxygens (including phenoxy) is 1. The number of carboxylic acids is 1. The molecule has 0 bridgehead atoms. The molecule has 1 saturated heterocycles. The zero-order valence-corrected chi connectivity index (χ0v) is 11.4. The van der Waals surface area contributed by atoms with Gasteiger partial charge in [-0.05, 0) is 32.9 Å². The lowest BCUT2D eigenvalue weighted by atomic mass is 9.93. The molecule has 0 aromatic carbocycles. The maximum Gasteiger partial charge on any atom is 0.408 e. The Morgan fingerprint density at radius 2 is 2.06 bits per heavy atom. The average molecular weight is 261 g/mol. The molecule has 17 heavy (non-hydrogen) atoms. The van der Waals surface area contributed by atoms with E-state index in [9.17, 15) is 14.7 Å². The summed E-state index contributed by atoms with van der Waals surface area (Å²) in [6.07, 6.45) is -0.248. The molecule has 1 aliphatic rings. The van der Waals surface area contributed by atoms with Crippen molar-refractivity contribution in [1.29, 1.82) is 0 Å². The molecule has 0 spiro atoms. The van der Waals surface area contributed by atoms with Crippen LogP contribution in [0.15, 0.2) is 0 Å². The fourth-order valence-corrected chi connectivity index (χ4v) is 3.08. The number of carbonyl (C=O) groups excluding carboxylic acids is 1. The molecule has 2 unspecified atom stereocenters. The summed E-state index contributed by atoms with van der Waals surface area (Å²) in [7, 11) is 0. The molecule has 1 rings (SSSR count). The predicted molar refractivity (Wildman–Crippen MR) is 66.3 cm³/mol. The Kier molecular flexibility index (Phi) is 3.96. The molecule has 98 valence electrons. The molecular weight excluding hydrogens is 242 g/mol. The van der Waals surface area contributed by atoms with Crippen molar-refractivity contribution >= 4 is 23.8 Å². The van der Waals surface area contributed by atoms with E-state index in [2.05, 4.69) is 5.32 Å². The van der Waals surface area contributed by atoms with Crippen LogP contribution in [0.3, 0.4) is 0 Å². The van der Waals surface area contributed by atoms with E-state index in [1.807, 2.05) is 6.92 Å². The first-order valence-corrected chi connectivity index (χ1v) is 6.58. The highest BCUT2D eigenvalue weighted by atomic mass is 32.2. The van der Waals surface area contributed by atoms with E-state index in [1.54, 1.807) is 32.5 Å². The number of thioether (sulfide) groups is 1. The van der Waals surface area contributed by atoms with Crippen LogP contribution in [0.5, 0.6) is 0 Å². The van der Waals surface area contributed by atoms with E-state index in [-0.39, 0.29) is 5.25 Å². The average Bonchev–Trinajstić information content (AvgIpc) is 2.45. The quantitative estimate of drug-likeness (QED) is 0.793. The lowest BCUT2D eigenvalue weighted by molar-refractivity contribution is -0.144. The molecule has 0 aromatic heterocycles. The van der Waals surface area contributed by atoms with Crippen LogP contribution in [0.25, 0.3) is 0 Å². The monoisotopic (exact) mass is 261 g/mol. The Morgan fingerprint density at radius 3 is 2.41 bits per heavy atom. The van der Waals surface area contributed by atoms with Crippen molar-refractivity contribution in [3.63, 3.8) is 0 Å². The predicted octanol–water partition coefficient (Wildman–Crippen LogP) is 1.86. The number of hydrogen-bond acceptors (Lipinski definition) is 4. The van der Waals surface area contributed by atoms with Gasteiger partial charge in [0.1, 0.15) is 5.60 Å². The number of hydrogen-bond donors (Lipinski definition) is 2. The minimum absolute atomic E-state index is 0.160. The number of carboxylic acid groups (broad SMARTS) is 1. The summed E-state index contributed by atoms with van der Waals surface area (Å²) in [5, 5.41) is 11.7. The second kappa shape index (κ2) is 4.76. The third-order valence-corrected chi connectivity index (χ3v) is 4.01. The third kappa shape index (κ3) is 3.28. The van der Waals surface area contributed by atoms with Crippen LogP contribution in [0.1, 0.15) is 34.1 Å². The lowest BCUT2D eigenvalue weighted by Gasteiger charge is -2.30. The van der Waals surface area contributed by atoms with Crippen molar-refractivity contribution in [1.82, 2.24) is 5.32 Å². The van der Waals surface area contributed by atoms with E-state index in [1.165, 1.54) is 0 Å². The van der Waals surface area contributed by atoms with Crippen LogP contribution >= 0.6 is 11.8 Å². The zero-order chi connectivity index (χ0) is 13.3. The Bertz CT molecular complexity index is 326. The van der Waals surface area contributed by atoms with Gasteiger partial charge in [0.15, 0.2) is 5.54 Å². The summed E-state index contributed by atoms with van der Waals surface area (Å²) in [6, 6.07) is 0. The molecule has 0 aliphatic carbocycles. The van der Waals surface area contributed by atoms with Gasteiger partial charge in [-0.25, -0.2) is 9.59 Å². The van der Waals surface area contributed by atoms with Crippen LogP contribution in [-0.2, 0) is 9.53 Å². The van der Waals surface area contributed by atoms with Gasteiger partial charge in [-0.15, -0.1) is 0 Å². The normalized spacial score (nSPS) is 28.8. The molecule has 1 amide bonds. The van der Waals surface area contributed by atoms with Crippen molar-refractivity contribution in [2.75, 3.05) is 5.75 Å². The number of carbonyl (C=O) groups is 2. The number of alkyl carbamates (subject to hydrolysis) is 1. The van der Waals surface area contributed by atoms with E-state index in [0.717, 1.165) is 5.75 Å². The van der Waals surface area contributed by atoms with Crippen molar-refractivity contribution < 1.29 is 19.4 Å². The van der Waals surface area contributed by atoms with Gasteiger partial charge in [0.05, 0.1) is 0 Å². The van der Waals surface area contributed by atoms with Gasteiger partial charge in [0.2, 0.25) is 0 Å². The Balaban J connectivity index is 2.75. The molecule has 0 aromatic rings. The summed E-state index contributed by atoms with van der Waals surface area (Å²) in [6.45, 7) is 7.04.